The molecular formula is C21H27N3O4. The molecule has 1 aliphatic carbocycles. The Bertz CT molecular complexity index is 749. The smallest absolute Gasteiger partial charge is 0.233 e. The van der Waals surface area contributed by atoms with Crippen LogP contribution in [-0.2, 0) is 14.4 Å². The van der Waals surface area contributed by atoms with Gasteiger partial charge in [-0.15, -0.1) is 0 Å². The van der Waals surface area contributed by atoms with Crippen molar-refractivity contribution in [2.24, 2.45) is 11.8 Å². The number of para-hydroxylation sites is 2. The third kappa shape index (κ3) is 3.45. The number of phenols is 1. The lowest BCUT2D eigenvalue weighted by Crippen LogP contribution is -2.49. The van der Waals surface area contributed by atoms with Gasteiger partial charge in [-0.3, -0.25) is 19.3 Å². The largest absolute Gasteiger partial charge is 0.506 e. The van der Waals surface area contributed by atoms with Crippen molar-refractivity contribution >= 4 is 23.4 Å². The molecule has 0 spiro atoms. The van der Waals surface area contributed by atoms with E-state index in [1.54, 1.807) is 17.0 Å². The zero-order chi connectivity index (χ0) is 19.7. The van der Waals surface area contributed by atoms with Crippen molar-refractivity contribution in [1.82, 2.24) is 9.80 Å². The molecule has 1 saturated carbocycles. The van der Waals surface area contributed by atoms with Gasteiger partial charge in [-0.1, -0.05) is 25.0 Å². The van der Waals surface area contributed by atoms with Gasteiger partial charge >= 0.3 is 0 Å². The Morgan fingerprint density at radius 3 is 2.18 bits per heavy atom. The number of carbonyl (C=O) groups is 3. The number of anilines is 1. The van der Waals surface area contributed by atoms with E-state index in [9.17, 15) is 19.5 Å². The number of phenolic OH excluding ortho intramolecular Hbond substituents is 1. The monoisotopic (exact) mass is 385 g/mol. The molecule has 0 unspecified atom stereocenters. The second-order valence-corrected chi connectivity index (χ2v) is 7.93. The van der Waals surface area contributed by atoms with Crippen molar-refractivity contribution in [2.75, 3.05) is 37.6 Å². The van der Waals surface area contributed by atoms with E-state index < -0.39 is 0 Å². The molecule has 1 N–H and O–H groups in total. The van der Waals surface area contributed by atoms with Crippen LogP contribution in [0.3, 0.4) is 0 Å². The SMILES string of the molecule is O=C(CCN1C(=O)[C@H]2CCCC[C@H]2C1=O)N1CCN(c2ccccc2O)CC1. The molecule has 2 aliphatic heterocycles. The Kier molecular flexibility index (Phi) is 5.24. The minimum atomic E-state index is -0.154. The maximum Gasteiger partial charge on any atom is 0.233 e. The van der Waals surface area contributed by atoms with E-state index in [0.717, 1.165) is 31.4 Å². The van der Waals surface area contributed by atoms with Gasteiger partial charge < -0.3 is 14.9 Å². The van der Waals surface area contributed by atoms with E-state index in [1.807, 2.05) is 12.1 Å². The zero-order valence-electron chi connectivity index (χ0n) is 16.0. The third-order valence-electron chi connectivity index (χ3n) is 6.34. The topological polar surface area (TPSA) is 81.2 Å². The second-order valence-electron chi connectivity index (χ2n) is 7.93. The first kappa shape index (κ1) is 18.8. The molecular weight excluding hydrogens is 358 g/mol. The average Bonchev–Trinajstić information content (AvgIpc) is 2.97. The molecule has 150 valence electrons. The van der Waals surface area contributed by atoms with Crippen LogP contribution in [0.4, 0.5) is 5.69 Å². The summed E-state index contributed by atoms with van der Waals surface area (Å²) in [6.45, 7) is 2.63. The van der Waals surface area contributed by atoms with Gasteiger partial charge in [-0.05, 0) is 25.0 Å². The maximum absolute atomic E-state index is 12.6. The van der Waals surface area contributed by atoms with Crippen LogP contribution in [0.15, 0.2) is 24.3 Å². The molecule has 2 saturated heterocycles. The molecule has 0 aromatic heterocycles. The van der Waals surface area contributed by atoms with E-state index in [2.05, 4.69) is 4.90 Å². The van der Waals surface area contributed by atoms with E-state index in [4.69, 9.17) is 0 Å². The number of piperazine rings is 1. The number of benzene rings is 1. The minimum Gasteiger partial charge on any atom is -0.506 e. The highest BCUT2D eigenvalue weighted by Crippen LogP contribution is 2.38. The molecule has 0 radical (unpaired) electrons. The Morgan fingerprint density at radius 2 is 1.57 bits per heavy atom. The Labute approximate surface area is 164 Å². The standard InChI is InChI=1S/C21H27N3O4/c25-18-8-4-3-7-17(18)22-11-13-23(14-12-22)19(26)9-10-24-20(27)15-5-1-2-6-16(15)21(24)28/h3-4,7-8,15-16,25H,1-2,5-6,9-14H2/t15-,16+. The van der Waals surface area contributed by atoms with Gasteiger partial charge in [0.1, 0.15) is 5.75 Å². The fraction of sp³-hybridized carbons (Fsp3) is 0.571. The molecule has 28 heavy (non-hydrogen) atoms. The summed E-state index contributed by atoms with van der Waals surface area (Å²) in [6, 6.07) is 7.20. The Hall–Kier alpha value is -2.57. The van der Waals surface area contributed by atoms with Crippen LogP contribution in [0.1, 0.15) is 32.1 Å². The highest BCUT2D eigenvalue weighted by atomic mass is 16.3. The number of amides is 3. The third-order valence-corrected chi connectivity index (χ3v) is 6.34. The summed E-state index contributed by atoms with van der Waals surface area (Å²) in [7, 11) is 0. The predicted octanol–water partition coefficient (Wildman–Crippen LogP) is 1.61. The predicted molar refractivity (Wildman–Crippen MR) is 104 cm³/mol. The fourth-order valence-corrected chi connectivity index (χ4v) is 4.75. The molecule has 3 amide bonds. The highest BCUT2D eigenvalue weighted by molar-refractivity contribution is 6.05. The van der Waals surface area contributed by atoms with Crippen LogP contribution < -0.4 is 4.90 Å². The molecule has 1 aromatic rings. The second kappa shape index (κ2) is 7.81. The average molecular weight is 385 g/mol. The summed E-state index contributed by atoms with van der Waals surface area (Å²) in [6.07, 6.45) is 3.80. The lowest BCUT2D eigenvalue weighted by Gasteiger charge is -2.36. The number of carbonyl (C=O) groups excluding carboxylic acids is 3. The first-order chi connectivity index (χ1) is 13.6. The van der Waals surface area contributed by atoms with Crippen LogP contribution in [0.25, 0.3) is 0 Å². The maximum atomic E-state index is 12.6. The van der Waals surface area contributed by atoms with Crippen LogP contribution in [0.5, 0.6) is 5.75 Å². The molecule has 2 heterocycles. The number of hydrogen-bond acceptors (Lipinski definition) is 5. The molecule has 0 bridgehead atoms. The van der Waals surface area contributed by atoms with Crippen LogP contribution in [-0.4, -0.2) is 65.4 Å². The van der Waals surface area contributed by atoms with Gasteiger partial charge in [-0.2, -0.15) is 0 Å². The quantitative estimate of drug-likeness (QED) is 0.797. The lowest BCUT2D eigenvalue weighted by atomic mass is 9.81. The van der Waals surface area contributed by atoms with Gasteiger partial charge in [0.2, 0.25) is 17.7 Å². The summed E-state index contributed by atoms with van der Waals surface area (Å²) in [5.41, 5.74) is 0.783. The van der Waals surface area contributed by atoms with Crippen molar-refractivity contribution in [3.8, 4) is 5.75 Å². The number of aromatic hydroxyl groups is 1. The highest BCUT2D eigenvalue weighted by Gasteiger charge is 2.47. The number of likely N-dealkylation sites (tertiary alicyclic amines) is 1. The molecule has 1 aromatic carbocycles. The Morgan fingerprint density at radius 1 is 0.964 bits per heavy atom. The van der Waals surface area contributed by atoms with Crippen LogP contribution >= 0.6 is 0 Å². The first-order valence-corrected chi connectivity index (χ1v) is 10.2. The summed E-state index contributed by atoms with van der Waals surface area (Å²) < 4.78 is 0. The molecule has 7 heteroatoms. The van der Waals surface area contributed by atoms with Crippen molar-refractivity contribution in [3.63, 3.8) is 0 Å². The summed E-state index contributed by atoms with van der Waals surface area (Å²) >= 11 is 0. The summed E-state index contributed by atoms with van der Waals surface area (Å²) in [5, 5.41) is 9.99. The summed E-state index contributed by atoms with van der Waals surface area (Å²) in [4.78, 5) is 42.8. The van der Waals surface area contributed by atoms with Gasteiger partial charge in [0.05, 0.1) is 17.5 Å². The van der Waals surface area contributed by atoms with E-state index in [1.165, 1.54) is 4.90 Å². The van der Waals surface area contributed by atoms with Crippen molar-refractivity contribution < 1.29 is 19.5 Å². The number of nitrogens with zero attached hydrogens (tertiary/aromatic N) is 3. The number of rotatable bonds is 4. The van der Waals surface area contributed by atoms with E-state index in [-0.39, 0.29) is 48.3 Å². The first-order valence-electron chi connectivity index (χ1n) is 10.2. The normalized spacial score (nSPS) is 25.2. The van der Waals surface area contributed by atoms with Crippen molar-refractivity contribution in [2.45, 2.75) is 32.1 Å². The van der Waals surface area contributed by atoms with Gasteiger partial charge in [0.25, 0.3) is 0 Å². The number of hydrogen-bond donors (Lipinski definition) is 1. The lowest BCUT2D eigenvalue weighted by molar-refractivity contribution is -0.140. The molecule has 3 aliphatic rings. The molecule has 3 fully saturated rings. The summed E-state index contributed by atoms with van der Waals surface area (Å²) in [5.74, 6) is -0.238. The zero-order valence-corrected chi connectivity index (χ0v) is 16.0. The van der Waals surface area contributed by atoms with Gasteiger partial charge in [0.15, 0.2) is 0 Å². The molecule has 7 nitrogen and oxygen atoms in total. The number of imide groups is 1. The van der Waals surface area contributed by atoms with Gasteiger partial charge in [0, 0.05) is 39.1 Å². The molecule has 4 rings (SSSR count). The minimum absolute atomic E-state index is 0.0209. The number of fused-ring (bicyclic) bond motifs is 1. The van der Waals surface area contributed by atoms with Crippen molar-refractivity contribution in [3.05, 3.63) is 24.3 Å². The van der Waals surface area contributed by atoms with E-state index >= 15 is 0 Å². The van der Waals surface area contributed by atoms with E-state index in [0.29, 0.717) is 26.2 Å². The van der Waals surface area contributed by atoms with Crippen LogP contribution in [0, 0.1) is 11.8 Å². The Balaban J connectivity index is 1.29. The van der Waals surface area contributed by atoms with Crippen molar-refractivity contribution in [1.29, 1.82) is 0 Å². The van der Waals surface area contributed by atoms with Gasteiger partial charge in [-0.25, -0.2) is 0 Å². The fourth-order valence-electron chi connectivity index (χ4n) is 4.75. The van der Waals surface area contributed by atoms with Crippen LogP contribution in [0.2, 0.25) is 0 Å². The molecule has 2 atom stereocenters.